The SMILES string of the molecule is C=CCc1cc(C=C2C(=O)NC(=S)NC2=O)cc(OC)c1O. The van der Waals surface area contributed by atoms with Crippen LogP contribution in [0.5, 0.6) is 11.5 Å². The van der Waals surface area contributed by atoms with Crippen LogP contribution in [0.3, 0.4) is 0 Å². The maximum Gasteiger partial charge on any atom is 0.263 e. The average Bonchev–Trinajstić information content (AvgIpc) is 2.46. The van der Waals surface area contributed by atoms with Crippen molar-refractivity contribution in [3.8, 4) is 11.5 Å². The van der Waals surface area contributed by atoms with Gasteiger partial charge >= 0.3 is 0 Å². The summed E-state index contributed by atoms with van der Waals surface area (Å²) in [6, 6.07) is 3.18. The zero-order valence-corrected chi connectivity index (χ0v) is 12.6. The number of rotatable bonds is 4. The number of aromatic hydroxyl groups is 1. The molecule has 1 aromatic carbocycles. The van der Waals surface area contributed by atoms with Crippen molar-refractivity contribution >= 4 is 35.2 Å². The summed E-state index contributed by atoms with van der Waals surface area (Å²) >= 11 is 4.73. The second kappa shape index (κ2) is 6.40. The largest absolute Gasteiger partial charge is 0.504 e. The molecule has 2 amide bonds. The molecule has 7 heteroatoms. The average molecular weight is 318 g/mol. The van der Waals surface area contributed by atoms with Crippen molar-refractivity contribution in [2.75, 3.05) is 7.11 Å². The molecule has 1 aliphatic rings. The highest BCUT2D eigenvalue weighted by Gasteiger charge is 2.25. The Kier molecular flexibility index (Phi) is 4.57. The van der Waals surface area contributed by atoms with E-state index in [1.54, 1.807) is 12.1 Å². The van der Waals surface area contributed by atoms with Crippen LogP contribution in [0.4, 0.5) is 0 Å². The van der Waals surface area contributed by atoms with Gasteiger partial charge in [-0.15, -0.1) is 6.58 Å². The van der Waals surface area contributed by atoms with Crippen LogP contribution < -0.4 is 15.4 Å². The number of phenols is 1. The van der Waals surface area contributed by atoms with Gasteiger partial charge in [0.1, 0.15) is 5.57 Å². The Bertz CT molecular complexity index is 688. The molecule has 0 aromatic heterocycles. The van der Waals surface area contributed by atoms with Gasteiger partial charge < -0.3 is 9.84 Å². The van der Waals surface area contributed by atoms with E-state index < -0.39 is 11.8 Å². The molecule has 1 aliphatic heterocycles. The van der Waals surface area contributed by atoms with Crippen molar-refractivity contribution in [2.45, 2.75) is 6.42 Å². The third-order valence-electron chi connectivity index (χ3n) is 3.01. The molecule has 0 spiro atoms. The number of methoxy groups -OCH3 is 1. The quantitative estimate of drug-likeness (QED) is 0.334. The molecule has 0 aliphatic carbocycles. The van der Waals surface area contributed by atoms with Gasteiger partial charge in [0.25, 0.3) is 11.8 Å². The fraction of sp³-hybridized carbons (Fsp3) is 0.133. The molecule has 0 saturated carbocycles. The summed E-state index contributed by atoms with van der Waals surface area (Å²) in [5.74, 6) is -0.904. The molecule has 1 fully saturated rings. The fourth-order valence-electron chi connectivity index (χ4n) is 2.01. The van der Waals surface area contributed by atoms with E-state index in [0.29, 0.717) is 17.5 Å². The summed E-state index contributed by atoms with van der Waals surface area (Å²) in [7, 11) is 1.42. The van der Waals surface area contributed by atoms with Crippen molar-refractivity contribution in [2.24, 2.45) is 0 Å². The van der Waals surface area contributed by atoms with Crippen molar-refractivity contribution in [1.29, 1.82) is 0 Å². The molecule has 22 heavy (non-hydrogen) atoms. The number of thiocarbonyl (C=S) groups is 1. The van der Waals surface area contributed by atoms with Crippen LogP contribution in [0.15, 0.2) is 30.4 Å². The molecule has 0 unspecified atom stereocenters. The number of benzene rings is 1. The van der Waals surface area contributed by atoms with Gasteiger partial charge in [-0.1, -0.05) is 6.08 Å². The van der Waals surface area contributed by atoms with Crippen molar-refractivity contribution < 1.29 is 19.4 Å². The first kappa shape index (κ1) is 15.7. The second-order valence-corrected chi connectivity index (χ2v) is 4.93. The number of allylic oxidation sites excluding steroid dienone is 1. The molecular formula is C15H14N2O4S. The van der Waals surface area contributed by atoms with E-state index in [4.69, 9.17) is 17.0 Å². The van der Waals surface area contributed by atoms with Gasteiger partial charge in [-0.25, -0.2) is 0 Å². The molecule has 1 aromatic rings. The lowest BCUT2D eigenvalue weighted by Crippen LogP contribution is -2.51. The smallest absolute Gasteiger partial charge is 0.263 e. The Labute approximate surface area is 132 Å². The number of carbonyl (C=O) groups excluding carboxylic acids is 2. The summed E-state index contributed by atoms with van der Waals surface area (Å²) in [4.78, 5) is 23.7. The van der Waals surface area contributed by atoms with Crippen LogP contribution in [-0.4, -0.2) is 29.1 Å². The Morgan fingerprint density at radius 2 is 1.95 bits per heavy atom. The Morgan fingerprint density at radius 3 is 2.50 bits per heavy atom. The third kappa shape index (κ3) is 3.15. The van der Waals surface area contributed by atoms with Crippen LogP contribution >= 0.6 is 12.2 Å². The van der Waals surface area contributed by atoms with Crippen molar-refractivity contribution in [1.82, 2.24) is 10.6 Å². The summed E-state index contributed by atoms with van der Waals surface area (Å²) < 4.78 is 5.10. The van der Waals surface area contributed by atoms with Crippen molar-refractivity contribution in [3.05, 3.63) is 41.5 Å². The minimum atomic E-state index is -0.578. The van der Waals surface area contributed by atoms with Gasteiger partial charge in [-0.05, 0) is 42.4 Å². The van der Waals surface area contributed by atoms with Gasteiger partial charge in [0.05, 0.1) is 7.11 Å². The fourth-order valence-corrected chi connectivity index (χ4v) is 2.20. The zero-order chi connectivity index (χ0) is 16.3. The first-order chi connectivity index (χ1) is 10.5. The third-order valence-corrected chi connectivity index (χ3v) is 3.22. The molecule has 0 bridgehead atoms. The standard InChI is InChI=1S/C15H14N2O4S/c1-3-4-9-5-8(7-11(21-2)12(9)18)6-10-13(19)16-15(22)17-14(10)20/h3,5-7,18H,1,4H2,2H3,(H2,16,17,19,20,22). The van der Waals surface area contributed by atoms with E-state index in [0.717, 1.165) is 0 Å². The minimum Gasteiger partial charge on any atom is -0.504 e. The Hall–Kier alpha value is -2.67. The van der Waals surface area contributed by atoms with E-state index >= 15 is 0 Å². The minimum absolute atomic E-state index is 0.00303. The van der Waals surface area contributed by atoms with E-state index in [-0.39, 0.29) is 22.2 Å². The lowest BCUT2D eigenvalue weighted by Gasteiger charge is -2.16. The molecule has 1 saturated heterocycles. The summed E-state index contributed by atoms with van der Waals surface area (Å²) in [6.45, 7) is 3.62. The number of hydrogen-bond acceptors (Lipinski definition) is 5. The predicted molar refractivity (Wildman–Crippen MR) is 85.4 cm³/mol. The molecule has 0 atom stereocenters. The van der Waals surface area contributed by atoms with E-state index in [9.17, 15) is 14.7 Å². The Morgan fingerprint density at radius 1 is 1.32 bits per heavy atom. The normalized spacial score (nSPS) is 14.2. The number of hydrogen-bond donors (Lipinski definition) is 3. The van der Waals surface area contributed by atoms with E-state index in [1.807, 2.05) is 0 Å². The molecule has 114 valence electrons. The van der Waals surface area contributed by atoms with Crippen LogP contribution in [0.2, 0.25) is 0 Å². The molecular weight excluding hydrogens is 304 g/mol. The number of carbonyl (C=O) groups is 2. The highest BCUT2D eigenvalue weighted by molar-refractivity contribution is 7.80. The summed E-state index contributed by atoms with van der Waals surface area (Å²) in [5, 5.41) is 14.7. The lowest BCUT2D eigenvalue weighted by molar-refractivity contribution is -0.123. The first-order valence-corrected chi connectivity index (χ1v) is 6.76. The predicted octanol–water partition coefficient (Wildman–Crippen LogP) is 1.04. The number of amides is 2. The van der Waals surface area contributed by atoms with Crippen molar-refractivity contribution in [3.63, 3.8) is 0 Å². The zero-order valence-electron chi connectivity index (χ0n) is 11.8. The van der Waals surface area contributed by atoms with Gasteiger partial charge in [-0.2, -0.15) is 0 Å². The van der Waals surface area contributed by atoms with Crippen LogP contribution in [0.25, 0.3) is 6.08 Å². The monoisotopic (exact) mass is 318 g/mol. The molecule has 1 heterocycles. The van der Waals surface area contributed by atoms with Gasteiger partial charge in [0, 0.05) is 5.56 Å². The van der Waals surface area contributed by atoms with Crippen LogP contribution in [-0.2, 0) is 16.0 Å². The number of nitrogens with one attached hydrogen (secondary N) is 2. The Balaban J connectivity index is 2.48. The van der Waals surface area contributed by atoms with E-state index in [2.05, 4.69) is 17.2 Å². The second-order valence-electron chi connectivity index (χ2n) is 4.52. The highest BCUT2D eigenvalue weighted by atomic mass is 32.1. The summed E-state index contributed by atoms with van der Waals surface area (Å²) in [5.41, 5.74) is 1.04. The van der Waals surface area contributed by atoms with E-state index in [1.165, 1.54) is 19.3 Å². The topological polar surface area (TPSA) is 87.7 Å². The van der Waals surface area contributed by atoms with Gasteiger partial charge in [-0.3, -0.25) is 20.2 Å². The molecule has 3 N–H and O–H groups in total. The maximum absolute atomic E-state index is 11.8. The van der Waals surface area contributed by atoms with Crippen LogP contribution in [0, 0.1) is 0 Å². The highest BCUT2D eigenvalue weighted by Crippen LogP contribution is 2.32. The number of ether oxygens (including phenoxy) is 1. The first-order valence-electron chi connectivity index (χ1n) is 6.35. The number of phenolic OH excluding ortho intramolecular Hbond substituents is 1. The molecule has 2 rings (SSSR count). The van der Waals surface area contributed by atoms with Gasteiger partial charge in [0.15, 0.2) is 16.6 Å². The van der Waals surface area contributed by atoms with Gasteiger partial charge in [0.2, 0.25) is 0 Å². The summed E-state index contributed by atoms with van der Waals surface area (Å²) in [6.07, 6.45) is 3.45. The molecule has 0 radical (unpaired) electrons. The maximum atomic E-state index is 11.8. The van der Waals surface area contributed by atoms with Crippen LogP contribution in [0.1, 0.15) is 11.1 Å². The molecule has 6 nitrogen and oxygen atoms in total. The lowest BCUT2D eigenvalue weighted by atomic mass is 10.0.